The van der Waals surface area contributed by atoms with Crippen LogP contribution >= 0.6 is 0 Å². The van der Waals surface area contributed by atoms with Crippen molar-refractivity contribution in [2.45, 2.75) is 46.7 Å². The lowest BCUT2D eigenvalue weighted by atomic mass is 9.87. The highest BCUT2D eigenvalue weighted by Crippen LogP contribution is 2.16. The summed E-state index contributed by atoms with van der Waals surface area (Å²) < 4.78 is 0. The first-order chi connectivity index (χ1) is 7.16. The molecule has 0 radical (unpaired) electrons. The van der Waals surface area contributed by atoms with Crippen LogP contribution in [0.5, 0.6) is 0 Å². The first kappa shape index (κ1) is 15.4. The van der Waals surface area contributed by atoms with Gasteiger partial charge in [0, 0.05) is 19.1 Å². The van der Waals surface area contributed by atoms with Crippen molar-refractivity contribution in [1.82, 2.24) is 10.2 Å². The fraction of sp³-hybridized carbons (Fsp3) is 0.917. The van der Waals surface area contributed by atoms with Gasteiger partial charge in [-0.15, -0.1) is 0 Å². The Balaban J connectivity index is 3.91. The van der Waals surface area contributed by atoms with Crippen LogP contribution in [0.15, 0.2) is 0 Å². The van der Waals surface area contributed by atoms with Crippen molar-refractivity contribution < 1.29 is 4.79 Å². The van der Waals surface area contributed by atoms with Gasteiger partial charge in [0.05, 0.1) is 6.04 Å². The van der Waals surface area contributed by atoms with Gasteiger partial charge in [-0.3, -0.25) is 4.79 Å². The molecule has 0 spiro atoms. The maximum Gasteiger partial charge on any atom is 0.237 e. The Kier molecular flexibility index (Phi) is 5.97. The number of likely N-dealkylation sites (N-methyl/N-ethyl adjacent to an activating group) is 1. The Morgan fingerprint density at radius 2 is 1.88 bits per heavy atom. The van der Waals surface area contributed by atoms with Gasteiger partial charge in [-0.05, 0) is 26.3 Å². The highest BCUT2D eigenvalue weighted by Gasteiger charge is 2.26. The smallest absolute Gasteiger partial charge is 0.237 e. The Hall–Kier alpha value is -0.610. The van der Waals surface area contributed by atoms with Crippen molar-refractivity contribution in [2.24, 2.45) is 11.1 Å². The molecular weight excluding hydrogens is 202 g/mol. The molecule has 0 rings (SSSR count). The van der Waals surface area contributed by atoms with Crippen LogP contribution in [-0.2, 0) is 4.79 Å². The molecule has 0 aromatic rings. The predicted molar refractivity (Wildman–Crippen MR) is 68.2 cm³/mol. The Bertz CT molecular complexity index is 221. The summed E-state index contributed by atoms with van der Waals surface area (Å²) in [6.07, 6.45) is 0. The second-order valence-corrected chi connectivity index (χ2v) is 5.71. The number of hydrogen-bond acceptors (Lipinski definition) is 3. The zero-order chi connectivity index (χ0) is 12.9. The minimum Gasteiger partial charge on any atom is -0.353 e. The van der Waals surface area contributed by atoms with E-state index in [-0.39, 0.29) is 11.3 Å². The van der Waals surface area contributed by atoms with E-state index in [1.54, 1.807) is 0 Å². The molecule has 4 heteroatoms. The van der Waals surface area contributed by atoms with E-state index >= 15 is 0 Å². The number of rotatable bonds is 5. The summed E-state index contributed by atoms with van der Waals surface area (Å²) >= 11 is 0. The first-order valence-corrected chi connectivity index (χ1v) is 5.89. The molecule has 0 fully saturated rings. The van der Waals surface area contributed by atoms with Crippen molar-refractivity contribution in [2.75, 3.05) is 20.1 Å². The molecule has 0 aliphatic rings. The molecule has 0 aliphatic carbocycles. The van der Waals surface area contributed by atoms with E-state index in [4.69, 9.17) is 5.73 Å². The van der Waals surface area contributed by atoms with Gasteiger partial charge in [-0.25, -0.2) is 0 Å². The average molecular weight is 229 g/mol. The molecule has 0 aromatic carbocycles. The molecule has 0 aromatic heterocycles. The van der Waals surface area contributed by atoms with Gasteiger partial charge in [-0.2, -0.15) is 0 Å². The standard InChI is InChI=1S/C12H27N3O/c1-9(2)15(6)8-7-14-11(16)10(13)12(3,4)5/h9-10H,7-8,13H2,1-6H3,(H,14,16)/t10-/m1/s1. The molecule has 0 saturated carbocycles. The van der Waals surface area contributed by atoms with E-state index in [0.29, 0.717) is 12.6 Å². The van der Waals surface area contributed by atoms with Gasteiger partial charge < -0.3 is 16.0 Å². The normalized spacial score (nSPS) is 14.3. The summed E-state index contributed by atoms with van der Waals surface area (Å²) in [7, 11) is 2.04. The van der Waals surface area contributed by atoms with E-state index in [1.807, 2.05) is 27.8 Å². The summed E-state index contributed by atoms with van der Waals surface area (Å²) in [6, 6.07) is 0.0463. The number of nitrogens with two attached hydrogens (primary N) is 1. The van der Waals surface area contributed by atoms with Crippen LogP contribution in [-0.4, -0.2) is 43.0 Å². The lowest BCUT2D eigenvalue weighted by molar-refractivity contribution is -0.124. The lowest BCUT2D eigenvalue weighted by Crippen LogP contribution is -2.50. The molecule has 4 nitrogen and oxygen atoms in total. The summed E-state index contributed by atoms with van der Waals surface area (Å²) in [5.74, 6) is -0.0651. The highest BCUT2D eigenvalue weighted by molar-refractivity contribution is 5.82. The van der Waals surface area contributed by atoms with Gasteiger partial charge >= 0.3 is 0 Å². The van der Waals surface area contributed by atoms with E-state index < -0.39 is 6.04 Å². The SMILES string of the molecule is CC(C)N(C)CCNC(=O)[C@@H](N)C(C)(C)C. The van der Waals surface area contributed by atoms with Gasteiger partial charge in [0.25, 0.3) is 0 Å². The second-order valence-electron chi connectivity index (χ2n) is 5.71. The maximum absolute atomic E-state index is 11.7. The number of nitrogens with zero attached hydrogens (tertiary/aromatic N) is 1. The molecule has 16 heavy (non-hydrogen) atoms. The Morgan fingerprint density at radius 3 is 2.25 bits per heavy atom. The summed E-state index contributed by atoms with van der Waals surface area (Å²) in [5.41, 5.74) is 5.66. The van der Waals surface area contributed by atoms with Gasteiger partial charge in [0.1, 0.15) is 0 Å². The van der Waals surface area contributed by atoms with Crippen LogP contribution in [0.3, 0.4) is 0 Å². The Morgan fingerprint density at radius 1 is 1.38 bits per heavy atom. The number of amides is 1. The van der Waals surface area contributed by atoms with Crippen LogP contribution in [0.1, 0.15) is 34.6 Å². The van der Waals surface area contributed by atoms with E-state index in [1.165, 1.54) is 0 Å². The van der Waals surface area contributed by atoms with Crippen LogP contribution in [0.25, 0.3) is 0 Å². The van der Waals surface area contributed by atoms with Crippen molar-refractivity contribution >= 4 is 5.91 Å². The van der Waals surface area contributed by atoms with Crippen molar-refractivity contribution in [3.05, 3.63) is 0 Å². The van der Waals surface area contributed by atoms with Gasteiger partial charge in [-0.1, -0.05) is 20.8 Å². The Labute approximate surface area is 99.6 Å². The zero-order valence-electron chi connectivity index (χ0n) is 11.5. The van der Waals surface area contributed by atoms with E-state index in [9.17, 15) is 4.79 Å². The molecule has 0 bridgehead atoms. The largest absolute Gasteiger partial charge is 0.353 e. The fourth-order valence-electron chi connectivity index (χ4n) is 1.12. The highest BCUT2D eigenvalue weighted by atomic mass is 16.2. The minimum atomic E-state index is -0.447. The topological polar surface area (TPSA) is 58.4 Å². The molecule has 1 amide bonds. The van der Waals surface area contributed by atoms with E-state index in [0.717, 1.165) is 6.54 Å². The molecule has 96 valence electrons. The molecule has 0 saturated heterocycles. The number of carbonyl (C=O) groups excluding carboxylic acids is 1. The maximum atomic E-state index is 11.7. The average Bonchev–Trinajstić information content (AvgIpc) is 2.14. The third-order valence-corrected chi connectivity index (χ3v) is 2.86. The van der Waals surface area contributed by atoms with Crippen molar-refractivity contribution in [3.63, 3.8) is 0 Å². The molecule has 0 unspecified atom stereocenters. The van der Waals surface area contributed by atoms with Gasteiger partial charge in [0.15, 0.2) is 0 Å². The quantitative estimate of drug-likeness (QED) is 0.733. The van der Waals surface area contributed by atoms with Crippen LogP contribution in [0.2, 0.25) is 0 Å². The molecule has 0 heterocycles. The summed E-state index contributed by atoms with van der Waals surface area (Å²) in [5, 5.41) is 2.87. The third-order valence-electron chi connectivity index (χ3n) is 2.86. The minimum absolute atomic E-state index is 0.0651. The summed E-state index contributed by atoms with van der Waals surface area (Å²) in [6.45, 7) is 11.7. The lowest BCUT2D eigenvalue weighted by Gasteiger charge is -2.27. The van der Waals surface area contributed by atoms with Crippen LogP contribution < -0.4 is 11.1 Å². The monoisotopic (exact) mass is 229 g/mol. The zero-order valence-corrected chi connectivity index (χ0v) is 11.5. The van der Waals surface area contributed by atoms with E-state index in [2.05, 4.69) is 24.1 Å². The predicted octanol–water partition coefficient (Wildman–Crippen LogP) is 0.816. The van der Waals surface area contributed by atoms with Crippen molar-refractivity contribution in [1.29, 1.82) is 0 Å². The molecule has 1 atom stereocenters. The van der Waals surface area contributed by atoms with Crippen LogP contribution in [0, 0.1) is 5.41 Å². The summed E-state index contributed by atoms with van der Waals surface area (Å²) in [4.78, 5) is 13.9. The van der Waals surface area contributed by atoms with Gasteiger partial charge in [0.2, 0.25) is 5.91 Å². The number of nitrogens with one attached hydrogen (secondary N) is 1. The first-order valence-electron chi connectivity index (χ1n) is 5.89. The molecule has 3 N–H and O–H groups in total. The van der Waals surface area contributed by atoms with Crippen molar-refractivity contribution in [3.8, 4) is 0 Å². The number of carbonyl (C=O) groups is 1. The fourth-order valence-corrected chi connectivity index (χ4v) is 1.12. The molecular formula is C12H27N3O. The third kappa shape index (κ3) is 5.47. The second kappa shape index (κ2) is 6.21. The van der Waals surface area contributed by atoms with Crippen LogP contribution in [0.4, 0.5) is 0 Å². The number of hydrogen-bond donors (Lipinski definition) is 2. The molecule has 0 aliphatic heterocycles.